The van der Waals surface area contributed by atoms with Gasteiger partial charge in [0, 0.05) is 12.2 Å². The predicted octanol–water partition coefficient (Wildman–Crippen LogP) is 3.56. The zero-order valence-electron chi connectivity index (χ0n) is 16.0. The van der Waals surface area contributed by atoms with E-state index in [0.29, 0.717) is 24.3 Å². The van der Waals surface area contributed by atoms with Gasteiger partial charge in [-0.3, -0.25) is 13.8 Å². The fourth-order valence-electron chi connectivity index (χ4n) is 4.34. The number of rotatable bonds is 4. The van der Waals surface area contributed by atoms with Gasteiger partial charge in [-0.1, -0.05) is 24.3 Å². The average molecular weight is 373 g/mol. The zero-order valence-corrected chi connectivity index (χ0v) is 16.0. The van der Waals surface area contributed by atoms with Crippen LogP contribution in [0.3, 0.4) is 0 Å². The summed E-state index contributed by atoms with van der Waals surface area (Å²) in [6.45, 7) is 3.08. The lowest BCUT2D eigenvalue weighted by Gasteiger charge is -2.20. The molecule has 142 valence electrons. The van der Waals surface area contributed by atoms with Crippen LogP contribution in [0.2, 0.25) is 0 Å². The quantitative estimate of drug-likeness (QED) is 0.594. The molecule has 1 aliphatic rings. The summed E-state index contributed by atoms with van der Waals surface area (Å²) in [6.07, 6.45) is 4.79. The maximum absolute atomic E-state index is 12.8. The monoisotopic (exact) mass is 373 g/mol. The van der Waals surface area contributed by atoms with Crippen LogP contribution in [0.1, 0.15) is 36.7 Å². The van der Waals surface area contributed by atoms with Crippen molar-refractivity contribution in [2.45, 2.75) is 45.7 Å². The summed E-state index contributed by atoms with van der Waals surface area (Å²) in [4.78, 5) is 12.8. The third-order valence-electron chi connectivity index (χ3n) is 5.72. The van der Waals surface area contributed by atoms with Crippen molar-refractivity contribution in [2.24, 2.45) is 0 Å². The van der Waals surface area contributed by atoms with Gasteiger partial charge in [-0.05, 0) is 61.9 Å². The molecule has 6 heteroatoms. The van der Waals surface area contributed by atoms with Crippen LogP contribution < -0.4 is 10.9 Å². The Morgan fingerprint density at radius 1 is 1.04 bits per heavy atom. The summed E-state index contributed by atoms with van der Waals surface area (Å²) >= 11 is 0. The number of hydrogen-bond acceptors (Lipinski definition) is 4. The van der Waals surface area contributed by atoms with Crippen molar-refractivity contribution < 1.29 is 0 Å². The van der Waals surface area contributed by atoms with Crippen LogP contribution in [0.15, 0.2) is 47.3 Å². The highest BCUT2D eigenvalue weighted by molar-refractivity contribution is 5.80. The lowest BCUT2D eigenvalue weighted by Crippen LogP contribution is -2.23. The van der Waals surface area contributed by atoms with E-state index in [1.807, 2.05) is 35.6 Å². The Morgan fingerprint density at radius 2 is 1.89 bits per heavy atom. The van der Waals surface area contributed by atoms with Gasteiger partial charge in [0.25, 0.3) is 5.56 Å². The minimum Gasteiger partial charge on any atom is -0.377 e. The number of anilines is 1. The van der Waals surface area contributed by atoms with Crippen LogP contribution in [0, 0.1) is 0 Å². The molecule has 0 saturated heterocycles. The molecule has 0 bridgehead atoms. The summed E-state index contributed by atoms with van der Waals surface area (Å²) in [5.74, 6) is 1.40. The second-order valence-corrected chi connectivity index (χ2v) is 7.32. The zero-order chi connectivity index (χ0) is 19.1. The molecule has 0 fully saturated rings. The number of aromatic nitrogens is 4. The topological polar surface area (TPSA) is 64.2 Å². The van der Waals surface area contributed by atoms with Gasteiger partial charge in [0.15, 0.2) is 5.82 Å². The fourth-order valence-corrected chi connectivity index (χ4v) is 4.34. The molecule has 6 nitrogen and oxygen atoms in total. The Kier molecular flexibility index (Phi) is 4.11. The smallest absolute Gasteiger partial charge is 0.262 e. The second kappa shape index (κ2) is 6.78. The fraction of sp³-hybridized carbons (Fsp3) is 0.318. The first kappa shape index (κ1) is 17.0. The largest absolute Gasteiger partial charge is 0.377 e. The van der Waals surface area contributed by atoms with Crippen molar-refractivity contribution >= 4 is 22.4 Å². The highest BCUT2D eigenvalue weighted by atomic mass is 16.1. The lowest BCUT2D eigenvalue weighted by atomic mass is 9.90. The van der Waals surface area contributed by atoms with E-state index >= 15 is 0 Å². The molecule has 1 aliphatic carbocycles. The number of para-hydroxylation sites is 1. The third kappa shape index (κ3) is 2.59. The van der Waals surface area contributed by atoms with Crippen LogP contribution in [-0.2, 0) is 25.9 Å². The standard InChI is InChI=1S/C22H23N5O/c1-2-26-21(28)17-11-5-6-13-19(17)27-20(24-25-22(26)27)14-23-18-12-7-9-15-8-3-4-10-16(15)18/h5-7,9,11-13,23H,2-4,8,10,14H2,1H3. The summed E-state index contributed by atoms with van der Waals surface area (Å²) in [6, 6.07) is 14.2. The highest BCUT2D eigenvalue weighted by Crippen LogP contribution is 2.28. The molecule has 5 rings (SSSR count). The molecular formula is C22H23N5O. The van der Waals surface area contributed by atoms with Crippen molar-refractivity contribution in [3.05, 3.63) is 69.8 Å². The molecule has 28 heavy (non-hydrogen) atoms. The van der Waals surface area contributed by atoms with Crippen LogP contribution in [-0.4, -0.2) is 19.2 Å². The van der Waals surface area contributed by atoms with E-state index < -0.39 is 0 Å². The average Bonchev–Trinajstić information content (AvgIpc) is 3.16. The van der Waals surface area contributed by atoms with Gasteiger partial charge in [0.1, 0.15) is 0 Å². The minimum absolute atomic E-state index is 0.0189. The van der Waals surface area contributed by atoms with Gasteiger partial charge < -0.3 is 5.32 Å². The van der Waals surface area contributed by atoms with Crippen molar-refractivity contribution in [1.82, 2.24) is 19.2 Å². The van der Waals surface area contributed by atoms with Gasteiger partial charge in [-0.2, -0.15) is 0 Å². The summed E-state index contributed by atoms with van der Waals surface area (Å²) in [5, 5.41) is 13.0. The Bertz CT molecular complexity index is 1240. The number of nitrogens with one attached hydrogen (secondary N) is 1. The lowest BCUT2D eigenvalue weighted by molar-refractivity contribution is 0.686. The summed E-state index contributed by atoms with van der Waals surface area (Å²) in [7, 11) is 0. The molecule has 2 aromatic carbocycles. The van der Waals surface area contributed by atoms with E-state index in [2.05, 4.69) is 33.7 Å². The minimum atomic E-state index is -0.0189. The van der Waals surface area contributed by atoms with Crippen LogP contribution in [0.4, 0.5) is 5.69 Å². The number of nitrogens with zero attached hydrogens (tertiary/aromatic N) is 4. The van der Waals surface area contributed by atoms with Gasteiger partial charge in [0.05, 0.1) is 17.4 Å². The normalized spacial score (nSPS) is 13.8. The molecular weight excluding hydrogens is 350 g/mol. The Morgan fingerprint density at radius 3 is 2.79 bits per heavy atom. The number of hydrogen-bond donors (Lipinski definition) is 1. The first-order chi connectivity index (χ1) is 13.8. The maximum Gasteiger partial charge on any atom is 0.262 e. The molecule has 2 heterocycles. The first-order valence-corrected chi connectivity index (χ1v) is 9.98. The SMILES string of the molecule is CCn1c(=O)c2ccccc2n2c(CNc3cccc4c3CCCC4)nnc12. The first-order valence-electron chi connectivity index (χ1n) is 9.98. The van der Waals surface area contributed by atoms with Crippen molar-refractivity contribution in [3.8, 4) is 0 Å². The van der Waals surface area contributed by atoms with Crippen LogP contribution in [0.5, 0.6) is 0 Å². The molecule has 1 N–H and O–H groups in total. The van der Waals surface area contributed by atoms with Gasteiger partial charge >= 0.3 is 0 Å². The molecule has 0 aliphatic heterocycles. The third-order valence-corrected chi connectivity index (χ3v) is 5.72. The Hall–Kier alpha value is -3.15. The van der Waals surface area contributed by atoms with Crippen LogP contribution in [0.25, 0.3) is 16.7 Å². The van der Waals surface area contributed by atoms with Crippen LogP contribution >= 0.6 is 0 Å². The van der Waals surface area contributed by atoms with Gasteiger partial charge in [-0.25, -0.2) is 0 Å². The van der Waals surface area contributed by atoms with E-state index in [4.69, 9.17) is 0 Å². The highest BCUT2D eigenvalue weighted by Gasteiger charge is 2.17. The maximum atomic E-state index is 12.8. The molecule has 0 spiro atoms. The summed E-state index contributed by atoms with van der Waals surface area (Å²) < 4.78 is 3.69. The predicted molar refractivity (Wildman–Crippen MR) is 111 cm³/mol. The molecule has 0 radical (unpaired) electrons. The van der Waals surface area contributed by atoms with E-state index in [9.17, 15) is 4.79 Å². The molecule has 0 unspecified atom stereocenters. The van der Waals surface area contributed by atoms with Crippen molar-refractivity contribution in [3.63, 3.8) is 0 Å². The summed E-state index contributed by atoms with van der Waals surface area (Å²) in [5.41, 5.74) is 4.89. The van der Waals surface area contributed by atoms with E-state index in [0.717, 1.165) is 24.2 Å². The molecule has 0 amide bonds. The van der Waals surface area contributed by atoms with Gasteiger partial charge in [-0.15, -0.1) is 10.2 Å². The molecule has 0 saturated carbocycles. The molecule has 0 atom stereocenters. The number of benzene rings is 2. The Balaban J connectivity index is 1.60. The van der Waals surface area contributed by atoms with E-state index in [1.165, 1.54) is 29.7 Å². The van der Waals surface area contributed by atoms with E-state index in [1.54, 1.807) is 4.57 Å². The Labute approximate surface area is 162 Å². The molecule has 2 aromatic heterocycles. The number of fused-ring (bicyclic) bond motifs is 4. The van der Waals surface area contributed by atoms with E-state index in [-0.39, 0.29) is 5.56 Å². The molecule has 4 aromatic rings. The van der Waals surface area contributed by atoms with Crippen molar-refractivity contribution in [1.29, 1.82) is 0 Å². The van der Waals surface area contributed by atoms with Crippen molar-refractivity contribution in [2.75, 3.05) is 5.32 Å². The van der Waals surface area contributed by atoms with Gasteiger partial charge in [0.2, 0.25) is 5.78 Å². The second-order valence-electron chi connectivity index (χ2n) is 7.32. The number of aryl methyl sites for hydroxylation is 2.